The average molecular weight is 300 g/mol. The van der Waals surface area contributed by atoms with Gasteiger partial charge in [-0.3, -0.25) is 9.54 Å². The second-order valence-electron chi connectivity index (χ2n) is 3.71. The molecule has 0 amide bonds. The largest absolute Gasteiger partial charge is 0.397 e. The Hall–Kier alpha value is -1.47. The van der Waals surface area contributed by atoms with Gasteiger partial charge < -0.3 is 0 Å². The summed E-state index contributed by atoms with van der Waals surface area (Å²) < 4.78 is 34.1. The van der Waals surface area contributed by atoms with Crippen LogP contribution in [0, 0.1) is 0 Å². The van der Waals surface area contributed by atoms with Gasteiger partial charge in [-0.05, 0) is 18.2 Å². The zero-order valence-corrected chi connectivity index (χ0v) is 11.2. The highest BCUT2D eigenvalue weighted by molar-refractivity contribution is 7.80. The molecule has 0 aliphatic carbocycles. The minimum Gasteiger partial charge on any atom is -0.264 e. The Morgan fingerprint density at radius 1 is 1.21 bits per heavy atom. The summed E-state index contributed by atoms with van der Waals surface area (Å²) in [7, 11) is -4.48. The maximum Gasteiger partial charge on any atom is 0.397 e. The van der Waals surface area contributed by atoms with E-state index in [1.165, 1.54) is 0 Å². The van der Waals surface area contributed by atoms with Crippen LogP contribution in [0.1, 0.15) is 5.56 Å². The molecule has 0 fully saturated rings. The maximum absolute atomic E-state index is 10.6. The van der Waals surface area contributed by atoms with Gasteiger partial charge in [-0.15, -0.1) is 0 Å². The van der Waals surface area contributed by atoms with Crippen LogP contribution in [-0.2, 0) is 21.2 Å². The summed E-state index contributed by atoms with van der Waals surface area (Å²) in [5, 5.41) is 0.593. The van der Waals surface area contributed by atoms with E-state index in [1.54, 1.807) is 42.6 Å². The maximum atomic E-state index is 10.6. The first-order valence-corrected chi connectivity index (χ1v) is 7.02. The predicted octanol–water partition coefficient (Wildman–Crippen LogP) is 2.72. The van der Waals surface area contributed by atoms with Gasteiger partial charge >= 0.3 is 10.4 Å². The van der Waals surface area contributed by atoms with Crippen molar-refractivity contribution < 1.29 is 17.2 Å². The van der Waals surface area contributed by atoms with Crippen LogP contribution in [-0.4, -0.2) is 18.0 Å². The predicted molar refractivity (Wildman–Crippen MR) is 71.0 cm³/mol. The molecule has 1 N–H and O–H groups in total. The Kier molecular flexibility index (Phi) is 4.16. The van der Waals surface area contributed by atoms with E-state index in [0.717, 1.165) is 5.56 Å². The van der Waals surface area contributed by atoms with Crippen LogP contribution in [0.4, 0.5) is 0 Å². The fourth-order valence-electron chi connectivity index (χ4n) is 1.56. The number of pyridine rings is 1. The molecule has 0 aliphatic heterocycles. The molecule has 0 spiro atoms. The van der Waals surface area contributed by atoms with Crippen molar-refractivity contribution in [1.29, 1.82) is 0 Å². The molecule has 1 heterocycles. The lowest BCUT2D eigenvalue weighted by Crippen LogP contribution is -2.04. The first-order valence-electron chi connectivity index (χ1n) is 5.27. The van der Waals surface area contributed by atoms with Gasteiger partial charge in [0.25, 0.3) is 0 Å². The molecule has 2 aromatic rings. The molecule has 5 nitrogen and oxygen atoms in total. The van der Waals surface area contributed by atoms with Gasteiger partial charge in [0.05, 0.1) is 12.3 Å². The molecule has 0 radical (unpaired) electrons. The second-order valence-corrected chi connectivity index (χ2v) is 5.24. The number of aromatic nitrogens is 1. The molecule has 1 aromatic heterocycles. The minimum atomic E-state index is -4.48. The Labute approximate surface area is 115 Å². The van der Waals surface area contributed by atoms with Crippen molar-refractivity contribution in [2.45, 2.75) is 6.61 Å². The lowest BCUT2D eigenvalue weighted by Gasteiger charge is -2.07. The van der Waals surface area contributed by atoms with E-state index < -0.39 is 10.4 Å². The van der Waals surface area contributed by atoms with Gasteiger partial charge in [-0.1, -0.05) is 29.8 Å². The van der Waals surface area contributed by atoms with Gasteiger partial charge in [0.2, 0.25) is 0 Å². The highest BCUT2D eigenvalue weighted by Crippen LogP contribution is 2.23. The summed E-state index contributed by atoms with van der Waals surface area (Å²) in [5.74, 6) is 0. The Balaban J connectivity index is 2.33. The molecule has 0 bridgehead atoms. The number of rotatable bonds is 4. The molecule has 0 saturated heterocycles. The summed E-state index contributed by atoms with van der Waals surface area (Å²) in [6, 6.07) is 10.3. The SMILES string of the molecule is O=S(=O)(O)OCc1cccnc1-c1ccc(Cl)cc1. The third-order valence-electron chi connectivity index (χ3n) is 2.37. The van der Waals surface area contributed by atoms with E-state index in [1.807, 2.05) is 0 Å². The molecule has 0 atom stereocenters. The molecule has 0 aliphatic rings. The highest BCUT2D eigenvalue weighted by atomic mass is 35.5. The van der Waals surface area contributed by atoms with Crippen molar-refractivity contribution in [1.82, 2.24) is 4.98 Å². The van der Waals surface area contributed by atoms with E-state index in [0.29, 0.717) is 16.3 Å². The Morgan fingerprint density at radius 3 is 2.53 bits per heavy atom. The minimum absolute atomic E-state index is 0.287. The van der Waals surface area contributed by atoms with Crippen LogP contribution < -0.4 is 0 Å². The topological polar surface area (TPSA) is 76.5 Å². The fraction of sp³-hybridized carbons (Fsp3) is 0.0833. The van der Waals surface area contributed by atoms with Crippen LogP contribution in [0.3, 0.4) is 0 Å². The van der Waals surface area contributed by atoms with Gasteiger partial charge in [0.1, 0.15) is 0 Å². The molecule has 0 saturated carbocycles. The lowest BCUT2D eigenvalue weighted by molar-refractivity contribution is 0.259. The van der Waals surface area contributed by atoms with Crippen LogP contribution >= 0.6 is 11.6 Å². The van der Waals surface area contributed by atoms with E-state index >= 15 is 0 Å². The monoisotopic (exact) mass is 299 g/mol. The molecule has 2 rings (SSSR count). The third-order valence-corrected chi connectivity index (χ3v) is 3.04. The van der Waals surface area contributed by atoms with Crippen LogP contribution in [0.15, 0.2) is 42.6 Å². The molecule has 7 heteroatoms. The summed E-state index contributed by atoms with van der Waals surface area (Å²) in [4.78, 5) is 4.18. The van der Waals surface area contributed by atoms with Crippen LogP contribution in [0.2, 0.25) is 5.02 Å². The van der Waals surface area contributed by atoms with Gasteiger partial charge in [-0.25, -0.2) is 4.18 Å². The Bertz CT molecular complexity index is 670. The van der Waals surface area contributed by atoms with E-state index in [-0.39, 0.29) is 6.61 Å². The number of halogens is 1. The van der Waals surface area contributed by atoms with Gasteiger partial charge in [0.15, 0.2) is 0 Å². The van der Waals surface area contributed by atoms with Crippen molar-refractivity contribution in [3.63, 3.8) is 0 Å². The zero-order chi connectivity index (χ0) is 13.9. The normalized spacial score (nSPS) is 11.5. The Morgan fingerprint density at radius 2 is 1.89 bits per heavy atom. The smallest absolute Gasteiger partial charge is 0.264 e. The summed E-state index contributed by atoms with van der Waals surface area (Å²) >= 11 is 5.80. The molecule has 19 heavy (non-hydrogen) atoms. The fourth-order valence-corrected chi connectivity index (χ4v) is 1.96. The van der Waals surface area contributed by atoms with Crippen LogP contribution in [0.5, 0.6) is 0 Å². The number of benzene rings is 1. The molecular formula is C12H10ClNO4S. The first-order chi connectivity index (χ1) is 8.96. The lowest BCUT2D eigenvalue weighted by atomic mass is 10.1. The number of hydrogen-bond donors (Lipinski definition) is 1. The second kappa shape index (κ2) is 5.66. The highest BCUT2D eigenvalue weighted by Gasteiger charge is 2.10. The van der Waals surface area contributed by atoms with Crippen LogP contribution in [0.25, 0.3) is 11.3 Å². The zero-order valence-electron chi connectivity index (χ0n) is 9.65. The average Bonchev–Trinajstić information content (AvgIpc) is 2.37. The van der Waals surface area contributed by atoms with Gasteiger partial charge in [-0.2, -0.15) is 8.42 Å². The summed E-state index contributed by atoms with van der Waals surface area (Å²) in [5.41, 5.74) is 1.89. The quantitative estimate of drug-likeness (QED) is 0.878. The standard InChI is InChI=1S/C12H10ClNO4S/c13-11-5-3-9(4-6-11)12-10(2-1-7-14-12)8-18-19(15,16)17/h1-7H,8H2,(H,15,16,17). The van der Waals surface area contributed by atoms with Crippen molar-refractivity contribution in [3.05, 3.63) is 53.2 Å². The molecular weight excluding hydrogens is 290 g/mol. The first kappa shape index (κ1) is 14.0. The van der Waals surface area contributed by atoms with Crippen molar-refractivity contribution in [2.75, 3.05) is 0 Å². The van der Waals surface area contributed by atoms with E-state index in [4.69, 9.17) is 16.2 Å². The summed E-state index contributed by atoms with van der Waals surface area (Å²) in [6.45, 7) is -0.287. The van der Waals surface area contributed by atoms with Gasteiger partial charge in [0, 0.05) is 22.3 Å². The molecule has 100 valence electrons. The molecule has 0 unspecified atom stereocenters. The van der Waals surface area contributed by atoms with Crippen molar-refractivity contribution in [3.8, 4) is 11.3 Å². The number of nitrogens with zero attached hydrogens (tertiary/aromatic N) is 1. The van der Waals surface area contributed by atoms with E-state index in [9.17, 15) is 8.42 Å². The van der Waals surface area contributed by atoms with Crippen molar-refractivity contribution >= 4 is 22.0 Å². The van der Waals surface area contributed by atoms with Crippen molar-refractivity contribution in [2.24, 2.45) is 0 Å². The summed E-state index contributed by atoms with van der Waals surface area (Å²) in [6.07, 6.45) is 1.58. The number of hydrogen-bond acceptors (Lipinski definition) is 4. The third kappa shape index (κ3) is 4.00. The van der Waals surface area contributed by atoms with E-state index in [2.05, 4.69) is 9.17 Å². The molecule has 1 aromatic carbocycles.